The molecule has 1 aliphatic carbocycles. The number of hydrogen-bond donors (Lipinski definition) is 0. The first-order chi connectivity index (χ1) is 12.6. The molecule has 0 aromatic heterocycles. The maximum Gasteiger partial charge on any atom is 0.323 e. The van der Waals surface area contributed by atoms with Crippen molar-refractivity contribution in [2.75, 3.05) is 18.6 Å². The van der Waals surface area contributed by atoms with Crippen LogP contribution in [0.2, 0.25) is 0 Å². The van der Waals surface area contributed by atoms with Gasteiger partial charge in [-0.25, -0.2) is 0 Å². The minimum absolute atomic E-state index is 0.0996. The molecule has 5 nitrogen and oxygen atoms in total. The fourth-order valence-electron chi connectivity index (χ4n) is 5.33. The van der Waals surface area contributed by atoms with E-state index in [-0.39, 0.29) is 24.0 Å². The standard InChI is InChI=1S/C21H28N2O3/c1-14-11-15-7-4-6-10-18(15)23(14)20(24)13-22-17-9-5-3-8-16(17)12-19(22)21(25)26-2/h4,6-7,10,14,16-17,19H,3,5,8-9,11-13H2,1-2H3. The Balaban J connectivity index is 1.56. The Bertz CT molecular complexity index is 704. The minimum Gasteiger partial charge on any atom is -0.468 e. The molecule has 26 heavy (non-hydrogen) atoms. The highest BCUT2D eigenvalue weighted by Crippen LogP contribution is 2.40. The van der Waals surface area contributed by atoms with Crippen LogP contribution in [0.3, 0.4) is 0 Å². The average molecular weight is 356 g/mol. The van der Waals surface area contributed by atoms with Gasteiger partial charge in [-0.3, -0.25) is 14.5 Å². The smallest absolute Gasteiger partial charge is 0.323 e. The van der Waals surface area contributed by atoms with Gasteiger partial charge in [0.15, 0.2) is 0 Å². The zero-order chi connectivity index (χ0) is 18.3. The number of carbonyl (C=O) groups excluding carboxylic acids is 2. The topological polar surface area (TPSA) is 49.9 Å². The highest BCUT2D eigenvalue weighted by Gasteiger charge is 2.47. The molecule has 0 radical (unpaired) electrons. The van der Waals surface area contributed by atoms with Crippen molar-refractivity contribution in [2.45, 2.75) is 63.6 Å². The largest absolute Gasteiger partial charge is 0.468 e. The summed E-state index contributed by atoms with van der Waals surface area (Å²) in [6, 6.07) is 8.38. The quantitative estimate of drug-likeness (QED) is 0.782. The fourth-order valence-corrected chi connectivity index (χ4v) is 5.33. The molecular weight excluding hydrogens is 328 g/mol. The summed E-state index contributed by atoms with van der Waals surface area (Å²) >= 11 is 0. The lowest BCUT2D eigenvalue weighted by Gasteiger charge is -2.34. The molecule has 2 aliphatic heterocycles. The first-order valence-corrected chi connectivity index (χ1v) is 9.83. The molecule has 0 spiro atoms. The highest BCUT2D eigenvalue weighted by molar-refractivity contribution is 5.97. The van der Waals surface area contributed by atoms with Crippen molar-refractivity contribution in [2.24, 2.45) is 5.92 Å². The van der Waals surface area contributed by atoms with Crippen molar-refractivity contribution in [3.05, 3.63) is 29.8 Å². The maximum absolute atomic E-state index is 13.2. The van der Waals surface area contributed by atoms with Crippen molar-refractivity contribution < 1.29 is 14.3 Å². The third-order valence-electron chi connectivity index (χ3n) is 6.49. The molecule has 3 aliphatic rings. The number of ether oxygens (including phenoxy) is 1. The lowest BCUT2D eigenvalue weighted by atomic mass is 9.85. The van der Waals surface area contributed by atoms with Gasteiger partial charge in [0.05, 0.1) is 13.7 Å². The van der Waals surface area contributed by atoms with Crippen molar-refractivity contribution in [3.8, 4) is 0 Å². The number of methoxy groups -OCH3 is 1. The summed E-state index contributed by atoms with van der Waals surface area (Å²) < 4.78 is 5.05. The molecular formula is C21H28N2O3. The SMILES string of the molecule is COC(=O)C1CC2CCCCC2N1CC(=O)N1c2ccccc2CC1C. The van der Waals surface area contributed by atoms with E-state index in [2.05, 4.69) is 17.9 Å². The van der Waals surface area contributed by atoms with Crippen LogP contribution in [-0.2, 0) is 20.7 Å². The molecule has 4 unspecified atom stereocenters. The van der Waals surface area contributed by atoms with Gasteiger partial charge in [0, 0.05) is 17.8 Å². The summed E-state index contributed by atoms with van der Waals surface area (Å²) in [5, 5.41) is 0. The Morgan fingerprint density at radius 2 is 1.96 bits per heavy atom. The van der Waals surface area contributed by atoms with E-state index in [1.54, 1.807) is 0 Å². The van der Waals surface area contributed by atoms with E-state index in [1.165, 1.54) is 25.5 Å². The van der Waals surface area contributed by atoms with Crippen molar-refractivity contribution >= 4 is 17.6 Å². The molecule has 1 aromatic rings. The van der Waals surface area contributed by atoms with Crippen molar-refractivity contribution in [1.29, 1.82) is 0 Å². The third kappa shape index (κ3) is 2.92. The monoisotopic (exact) mass is 356 g/mol. The lowest BCUT2D eigenvalue weighted by Crippen LogP contribution is -2.50. The number of amides is 1. The number of esters is 1. The van der Waals surface area contributed by atoms with Crippen LogP contribution in [0.15, 0.2) is 24.3 Å². The van der Waals surface area contributed by atoms with Gasteiger partial charge in [0.2, 0.25) is 5.91 Å². The van der Waals surface area contributed by atoms with Gasteiger partial charge in [0.25, 0.3) is 0 Å². The first-order valence-electron chi connectivity index (χ1n) is 9.83. The number of likely N-dealkylation sites (tertiary alicyclic amines) is 1. The summed E-state index contributed by atoms with van der Waals surface area (Å²) in [5.74, 6) is 0.425. The van der Waals surface area contributed by atoms with Crippen LogP contribution < -0.4 is 4.90 Å². The Kier molecular flexibility index (Phi) is 4.74. The van der Waals surface area contributed by atoms with Gasteiger partial charge in [-0.2, -0.15) is 0 Å². The molecule has 0 N–H and O–H groups in total. The molecule has 0 bridgehead atoms. The number of para-hydroxylation sites is 1. The first kappa shape index (κ1) is 17.5. The Morgan fingerprint density at radius 1 is 1.19 bits per heavy atom. The molecule has 1 aromatic carbocycles. The van der Waals surface area contributed by atoms with Crippen LogP contribution in [0.1, 0.15) is 44.6 Å². The van der Waals surface area contributed by atoms with Crippen LogP contribution in [-0.4, -0.2) is 48.6 Å². The fraction of sp³-hybridized carbons (Fsp3) is 0.619. The van der Waals surface area contributed by atoms with Crippen molar-refractivity contribution in [1.82, 2.24) is 4.90 Å². The predicted molar refractivity (Wildman–Crippen MR) is 100.0 cm³/mol. The van der Waals surface area contributed by atoms with Crippen LogP contribution >= 0.6 is 0 Å². The number of rotatable bonds is 3. The van der Waals surface area contributed by atoms with Crippen LogP contribution in [0.4, 0.5) is 5.69 Å². The zero-order valence-electron chi connectivity index (χ0n) is 15.7. The number of fused-ring (bicyclic) bond motifs is 2. The second kappa shape index (κ2) is 7.03. The second-order valence-electron chi connectivity index (χ2n) is 8.00. The van der Waals surface area contributed by atoms with Crippen LogP contribution in [0.5, 0.6) is 0 Å². The summed E-state index contributed by atoms with van der Waals surface area (Å²) in [5.41, 5.74) is 2.26. The van der Waals surface area contributed by atoms with Gasteiger partial charge < -0.3 is 9.64 Å². The molecule has 2 heterocycles. The minimum atomic E-state index is -0.273. The van der Waals surface area contributed by atoms with Gasteiger partial charge >= 0.3 is 5.97 Å². The molecule has 1 amide bonds. The predicted octanol–water partition coefficient (Wildman–Crippen LogP) is 2.77. The molecule has 1 saturated carbocycles. The highest BCUT2D eigenvalue weighted by atomic mass is 16.5. The van der Waals surface area contributed by atoms with E-state index in [0.29, 0.717) is 18.5 Å². The van der Waals surface area contributed by atoms with Gasteiger partial charge in [-0.05, 0) is 50.2 Å². The number of nitrogens with zero attached hydrogens (tertiary/aromatic N) is 2. The number of hydrogen-bond acceptors (Lipinski definition) is 4. The molecule has 5 heteroatoms. The van der Waals surface area contributed by atoms with Gasteiger partial charge in [-0.15, -0.1) is 0 Å². The second-order valence-corrected chi connectivity index (χ2v) is 8.00. The molecule has 1 saturated heterocycles. The Morgan fingerprint density at radius 3 is 2.77 bits per heavy atom. The normalized spacial score (nSPS) is 30.8. The van der Waals surface area contributed by atoms with Crippen LogP contribution in [0.25, 0.3) is 0 Å². The number of benzene rings is 1. The Hall–Kier alpha value is -1.88. The number of carbonyl (C=O) groups is 2. The summed E-state index contributed by atoms with van der Waals surface area (Å²) in [6.07, 6.45) is 6.38. The third-order valence-corrected chi connectivity index (χ3v) is 6.49. The molecule has 4 rings (SSSR count). The van der Waals surface area contributed by atoms with Gasteiger partial charge in [-0.1, -0.05) is 31.0 Å². The van der Waals surface area contributed by atoms with E-state index in [9.17, 15) is 9.59 Å². The van der Waals surface area contributed by atoms with Gasteiger partial charge in [0.1, 0.15) is 6.04 Å². The molecule has 140 valence electrons. The summed E-state index contributed by atoms with van der Waals surface area (Å²) in [6.45, 7) is 2.41. The van der Waals surface area contributed by atoms with Crippen LogP contribution in [0, 0.1) is 5.92 Å². The molecule has 4 atom stereocenters. The summed E-state index contributed by atoms with van der Waals surface area (Å²) in [4.78, 5) is 29.7. The van der Waals surface area contributed by atoms with E-state index >= 15 is 0 Å². The van der Waals surface area contributed by atoms with E-state index < -0.39 is 0 Å². The van der Waals surface area contributed by atoms with E-state index in [1.807, 2.05) is 23.1 Å². The summed E-state index contributed by atoms with van der Waals surface area (Å²) in [7, 11) is 1.45. The van der Waals surface area contributed by atoms with Crippen molar-refractivity contribution in [3.63, 3.8) is 0 Å². The molecule has 2 fully saturated rings. The zero-order valence-corrected chi connectivity index (χ0v) is 15.7. The number of anilines is 1. The maximum atomic E-state index is 13.2. The van der Waals surface area contributed by atoms with E-state index in [0.717, 1.165) is 31.4 Å². The average Bonchev–Trinajstić information content (AvgIpc) is 3.18. The Labute approximate surface area is 155 Å². The lowest BCUT2D eigenvalue weighted by molar-refractivity contribution is -0.146. The van der Waals surface area contributed by atoms with E-state index in [4.69, 9.17) is 4.74 Å².